The van der Waals surface area contributed by atoms with E-state index in [0.717, 1.165) is 22.2 Å². The molecule has 4 rings (SSSR count). The van der Waals surface area contributed by atoms with Gasteiger partial charge in [0.15, 0.2) is 5.69 Å². The van der Waals surface area contributed by atoms with Gasteiger partial charge in [-0.05, 0) is 24.3 Å². The summed E-state index contributed by atoms with van der Waals surface area (Å²) in [5, 5.41) is 14.4. The smallest absolute Gasteiger partial charge is 0.276 e. The summed E-state index contributed by atoms with van der Waals surface area (Å²) in [5.41, 5.74) is 7.31. The average Bonchev–Trinajstić information content (AvgIpc) is 3.14. The van der Waals surface area contributed by atoms with Crippen LogP contribution in [-0.4, -0.2) is 27.3 Å². The van der Waals surface area contributed by atoms with Crippen molar-refractivity contribution in [2.45, 2.75) is 0 Å². The second kappa shape index (κ2) is 4.41. The number of hydrogen-bond acceptors (Lipinski definition) is 4. The SMILES string of the molecule is O=C(Nc1cccnc1)c1n[nH]c2c3c(ccc12)[N]N=C3. The van der Waals surface area contributed by atoms with Crippen LogP contribution in [0.1, 0.15) is 16.1 Å². The zero-order chi connectivity index (χ0) is 14.2. The van der Waals surface area contributed by atoms with E-state index in [1.165, 1.54) is 0 Å². The molecule has 1 aromatic carbocycles. The predicted octanol–water partition coefficient (Wildman–Crippen LogP) is 1.79. The van der Waals surface area contributed by atoms with Crippen molar-refractivity contribution in [2.75, 3.05) is 5.32 Å². The first-order valence-corrected chi connectivity index (χ1v) is 6.29. The lowest BCUT2D eigenvalue weighted by atomic mass is 10.1. The van der Waals surface area contributed by atoms with E-state index < -0.39 is 0 Å². The summed E-state index contributed by atoms with van der Waals surface area (Å²) in [4.78, 5) is 16.3. The van der Waals surface area contributed by atoms with Gasteiger partial charge in [0.2, 0.25) is 0 Å². The summed E-state index contributed by atoms with van der Waals surface area (Å²) in [6.07, 6.45) is 4.88. The quantitative estimate of drug-likeness (QED) is 0.747. The highest BCUT2D eigenvalue weighted by Crippen LogP contribution is 2.28. The highest BCUT2D eigenvalue weighted by atomic mass is 16.1. The van der Waals surface area contributed by atoms with Crippen molar-refractivity contribution >= 4 is 34.4 Å². The second-order valence-corrected chi connectivity index (χ2v) is 4.53. The molecule has 7 nitrogen and oxygen atoms in total. The largest absolute Gasteiger partial charge is 0.319 e. The van der Waals surface area contributed by atoms with Gasteiger partial charge in [-0.1, -0.05) is 0 Å². The molecule has 7 heteroatoms. The minimum absolute atomic E-state index is 0.291. The highest BCUT2D eigenvalue weighted by molar-refractivity contribution is 6.14. The molecule has 0 bridgehead atoms. The van der Waals surface area contributed by atoms with E-state index in [4.69, 9.17) is 0 Å². The van der Waals surface area contributed by atoms with Gasteiger partial charge in [0.1, 0.15) is 0 Å². The minimum atomic E-state index is -0.291. The van der Waals surface area contributed by atoms with Crippen LogP contribution in [0, 0.1) is 0 Å². The van der Waals surface area contributed by atoms with Gasteiger partial charge < -0.3 is 5.32 Å². The fourth-order valence-corrected chi connectivity index (χ4v) is 2.27. The van der Waals surface area contributed by atoms with Gasteiger partial charge >= 0.3 is 0 Å². The first-order chi connectivity index (χ1) is 10.3. The Labute approximate surface area is 119 Å². The lowest BCUT2D eigenvalue weighted by Gasteiger charge is -2.02. The summed E-state index contributed by atoms with van der Waals surface area (Å²) in [5.74, 6) is -0.291. The third-order valence-corrected chi connectivity index (χ3v) is 3.24. The fraction of sp³-hybridized carbons (Fsp3) is 0. The molecule has 1 aliphatic rings. The van der Waals surface area contributed by atoms with Crippen molar-refractivity contribution < 1.29 is 4.79 Å². The Morgan fingerprint density at radius 2 is 2.19 bits per heavy atom. The van der Waals surface area contributed by atoms with Gasteiger partial charge in [0.05, 0.1) is 29.3 Å². The van der Waals surface area contributed by atoms with Crippen LogP contribution >= 0.6 is 0 Å². The Bertz CT molecular complexity index is 868. The number of anilines is 1. The number of benzene rings is 1. The normalized spacial score (nSPS) is 12.2. The summed E-state index contributed by atoms with van der Waals surface area (Å²) < 4.78 is 0. The summed E-state index contributed by atoms with van der Waals surface area (Å²) >= 11 is 0. The number of aromatic nitrogens is 3. The van der Waals surface area contributed by atoms with Gasteiger partial charge in [-0.2, -0.15) is 15.6 Å². The van der Waals surface area contributed by atoms with Gasteiger partial charge in [0, 0.05) is 17.1 Å². The number of aromatic amines is 1. The van der Waals surface area contributed by atoms with E-state index in [1.807, 2.05) is 12.1 Å². The summed E-state index contributed by atoms with van der Waals surface area (Å²) in [6.45, 7) is 0. The number of rotatable bonds is 2. The molecule has 1 radical (unpaired) electrons. The molecule has 0 atom stereocenters. The van der Waals surface area contributed by atoms with E-state index in [1.54, 1.807) is 30.7 Å². The Morgan fingerprint density at radius 1 is 1.24 bits per heavy atom. The molecule has 101 valence electrons. The first-order valence-electron chi connectivity index (χ1n) is 6.29. The van der Waals surface area contributed by atoms with Crippen molar-refractivity contribution in [3.8, 4) is 0 Å². The van der Waals surface area contributed by atoms with Gasteiger partial charge in [0.25, 0.3) is 5.91 Å². The maximum Gasteiger partial charge on any atom is 0.276 e. The third-order valence-electron chi connectivity index (χ3n) is 3.24. The molecule has 0 fully saturated rings. The average molecular weight is 277 g/mol. The lowest BCUT2D eigenvalue weighted by Crippen LogP contribution is -2.12. The number of carbonyl (C=O) groups is 1. The molecule has 0 saturated heterocycles. The molecule has 0 aliphatic carbocycles. The number of nitrogens with zero attached hydrogens (tertiary/aromatic N) is 4. The third kappa shape index (κ3) is 1.83. The van der Waals surface area contributed by atoms with Crippen LogP contribution in [0.5, 0.6) is 0 Å². The topological polar surface area (TPSA) is 97.1 Å². The number of H-pyrrole nitrogens is 1. The molecule has 0 unspecified atom stereocenters. The second-order valence-electron chi connectivity index (χ2n) is 4.53. The van der Waals surface area contributed by atoms with E-state index in [9.17, 15) is 4.79 Å². The zero-order valence-corrected chi connectivity index (χ0v) is 10.7. The molecule has 21 heavy (non-hydrogen) atoms. The van der Waals surface area contributed by atoms with Crippen LogP contribution in [0.3, 0.4) is 0 Å². The number of amides is 1. The van der Waals surface area contributed by atoms with Crippen LogP contribution in [0.15, 0.2) is 41.8 Å². The van der Waals surface area contributed by atoms with E-state index in [0.29, 0.717) is 11.4 Å². The van der Waals surface area contributed by atoms with Crippen molar-refractivity contribution in [3.63, 3.8) is 0 Å². The van der Waals surface area contributed by atoms with Crippen molar-refractivity contribution in [1.29, 1.82) is 0 Å². The van der Waals surface area contributed by atoms with Crippen molar-refractivity contribution in [1.82, 2.24) is 20.6 Å². The monoisotopic (exact) mass is 277 g/mol. The maximum absolute atomic E-state index is 12.3. The standard InChI is InChI=1S/C14H9N6O/c21-14(17-8-2-1-5-15-6-8)13-9-3-4-11-10(7-16-18-11)12(9)19-20-13/h1-7H,(H,17,21)(H,19,20). The number of carbonyl (C=O) groups excluding carboxylic acids is 1. The molecule has 3 heterocycles. The van der Waals surface area contributed by atoms with Crippen LogP contribution in [0.4, 0.5) is 11.4 Å². The van der Waals surface area contributed by atoms with E-state index >= 15 is 0 Å². The Morgan fingerprint density at radius 3 is 3.05 bits per heavy atom. The summed E-state index contributed by atoms with van der Waals surface area (Å²) in [7, 11) is 0. The Hall–Kier alpha value is -3.22. The molecular weight excluding hydrogens is 268 g/mol. The predicted molar refractivity (Wildman–Crippen MR) is 77.7 cm³/mol. The number of fused-ring (bicyclic) bond motifs is 3. The van der Waals surface area contributed by atoms with Crippen LogP contribution in [0.2, 0.25) is 0 Å². The number of pyridine rings is 1. The number of hydrogen-bond donors (Lipinski definition) is 2. The highest BCUT2D eigenvalue weighted by Gasteiger charge is 2.19. The maximum atomic E-state index is 12.3. The molecule has 1 amide bonds. The lowest BCUT2D eigenvalue weighted by molar-refractivity contribution is 0.102. The van der Waals surface area contributed by atoms with Crippen molar-refractivity contribution in [3.05, 3.63) is 47.9 Å². The molecule has 0 saturated carbocycles. The van der Waals surface area contributed by atoms with Gasteiger partial charge in [-0.25, -0.2) is 0 Å². The van der Waals surface area contributed by atoms with Crippen LogP contribution in [-0.2, 0) is 0 Å². The van der Waals surface area contributed by atoms with Gasteiger partial charge in [-0.15, -0.1) is 0 Å². The van der Waals surface area contributed by atoms with E-state index in [-0.39, 0.29) is 5.91 Å². The Balaban J connectivity index is 1.74. The molecule has 0 spiro atoms. The van der Waals surface area contributed by atoms with Gasteiger partial charge in [-0.3, -0.25) is 14.9 Å². The minimum Gasteiger partial charge on any atom is -0.319 e. The van der Waals surface area contributed by atoms with E-state index in [2.05, 4.69) is 31.0 Å². The fourth-order valence-electron chi connectivity index (χ4n) is 2.27. The first kappa shape index (κ1) is 11.6. The van der Waals surface area contributed by atoms with Crippen LogP contribution < -0.4 is 10.7 Å². The molecule has 3 aromatic rings. The number of nitrogens with one attached hydrogen (secondary N) is 2. The Kier molecular flexibility index (Phi) is 2.43. The zero-order valence-electron chi connectivity index (χ0n) is 10.7. The van der Waals surface area contributed by atoms with Crippen LogP contribution in [0.25, 0.3) is 10.9 Å². The molecule has 2 aromatic heterocycles. The molecule has 1 aliphatic heterocycles. The molecule has 2 N–H and O–H groups in total. The molecular formula is C14H9N6O. The summed E-state index contributed by atoms with van der Waals surface area (Å²) in [6, 6.07) is 7.15. The van der Waals surface area contributed by atoms with Crippen molar-refractivity contribution in [2.24, 2.45) is 5.10 Å².